The fourth-order valence-electron chi connectivity index (χ4n) is 2.36. The minimum atomic E-state index is -0.603. The molecule has 0 unspecified atom stereocenters. The topological polar surface area (TPSA) is 116 Å². The smallest absolute Gasteiger partial charge is 0.271 e. The van der Waals surface area contributed by atoms with Gasteiger partial charge in [-0.15, -0.1) is 0 Å². The van der Waals surface area contributed by atoms with Gasteiger partial charge in [0.05, 0.1) is 8.49 Å². The van der Waals surface area contributed by atoms with Crippen LogP contribution in [0, 0.1) is 25.0 Å². The number of rotatable bonds is 7. The second-order valence-electron chi connectivity index (χ2n) is 5.64. The Morgan fingerprint density at radius 3 is 2.67 bits per heavy atom. The molecule has 0 aromatic heterocycles. The normalized spacial score (nSPS) is 10.9. The molecule has 138 valence electrons. The molecule has 0 radical (unpaired) electrons. The molecule has 2 aromatic rings. The Balaban J connectivity index is 2.06. The summed E-state index contributed by atoms with van der Waals surface area (Å²) in [5, 5.41) is 32.9. The van der Waals surface area contributed by atoms with Crippen molar-refractivity contribution in [3.8, 4) is 11.8 Å². The average molecular weight is 477 g/mol. The highest BCUT2D eigenvalue weighted by atomic mass is 127. The lowest BCUT2D eigenvalue weighted by Gasteiger charge is -2.06. The molecule has 0 fully saturated rings. The zero-order chi connectivity index (χ0) is 19.8. The lowest BCUT2D eigenvalue weighted by molar-refractivity contribution is -0.385. The number of nitro groups is 1. The van der Waals surface area contributed by atoms with Crippen LogP contribution in [-0.2, 0) is 11.2 Å². The molecule has 0 saturated carbocycles. The standard InChI is InChI=1S/C19H16IN3O4/c20-17-11-16(23(26)27)10-14(18(17)24)9-15(12-21)19(25)22-8-4-7-13-5-2-1-3-6-13/h1-3,5-6,9-11,24H,4,7-8H2,(H,22,25)/b15-9-. The van der Waals surface area contributed by atoms with E-state index in [1.165, 1.54) is 6.07 Å². The summed E-state index contributed by atoms with van der Waals surface area (Å²) < 4.78 is 0.258. The highest BCUT2D eigenvalue weighted by molar-refractivity contribution is 14.1. The summed E-state index contributed by atoms with van der Waals surface area (Å²) >= 11 is 1.75. The number of nitrogens with zero attached hydrogens (tertiary/aromatic N) is 2. The zero-order valence-electron chi connectivity index (χ0n) is 14.2. The van der Waals surface area contributed by atoms with Crippen LogP contribution in [0.15, 0.2) is 48.0 Å². The van der Waals surface area contributed by atoms with Gasteiger partial charge in [0.2, 0.25) is 0 Å². The third-order valence-electron chi connectivity index (χ3n) is 3.72. The molecular weight excluding hydrogens is 461 g/mol. The van der Waals surface area contributed by atoms with E-state index in [2.05, 4.69) is 5.32 Å². The van der Waals surface area contributed by atoms with Gasteiger partial charge in [0, 0.05) is 24.2 Å². The van der Waals surface area contributed by atoms with Gasteiger partial charge in [-0.1, -0.05) is 30.3 Å². The summed E-state index contributed by atoms with van der Waals surface area (Å²) in [5.74, 6) is -0.808. The number of phenolic OH excluding ortho intramolecular Hbond substituents is 1. The maximum Gasteiger partial charge on any atom is 0.271 e. The molecule has 8 heteroatoms. The SMILES string of the molecule is N#C/C(=C/c1cc([N+](=O)[O-])cc(I)c1O)C(=O)NCCCc1ccccc1. The second-order valence-corrected chi connectivity index (χ2v) is 6.80. The predicted molar refractivity (Wildman–Crippen MR) is 109 cm³/mol. The number of halogens is 1. The Morgan fingerprint density at radius 1 is 1.33 bits per heavy atom. The fourth-order valence-corrected chi connectivity index (χ4v) is 2.99. The quantitative estimate of drug-likeness (QED) is 0.158. The minimum absolute atomic E-state index is 0.0459. The Hall–Kier alpha value is -2.93. The molecule has 2 aromatic carbocycles. The first-order chi connectivity index (χ1) is 12.9. The number of carbonyl (C=O) groups is 1. The van der Waals surface area contributed by atoms with Gasteiger partial charge >= 0.3 is 0 Å². The van der Waals surface area contributed by atoms with Crippen molar-refractivity contribution in [1.82, 2.24) is 5.32 Å². The number of hydrogen-bond acceptors (Lipinski definition) is 5. The van der Waals surface area contributed by atoms with Gasteiger partial charge < -0.3 is 10.4 Å². The predicted octanol–water partition coefficient (Wildman–Crippen LogP) is 3.56. The molecule has 0 spiro atoms. The number of aromatic hydroxyl groups is 1. The van der Waals surface area contributed by atoms with Crippen molar-refractivity contribution in [3.05, 3.63) is 72.8 Å². The summed E-state index contributed by atoms with van der Waals surface area (Å²) in [5.41, 5.74) is 0.730. The van der Waals surface area contributed by atoms with Gasteiger partial charge in [-0.3, -0.25) is 14.9 Å². The van der Waals surface area contributed by atoms with Crippen molar-refractivity contribution >= 4 is 40.3 Å². The molecule has 2 N–H and O–H groups in total. The summed E-state index contributed by atoms with van der Waals surface area (Å²) in [4.78, 5) is 22.5. The molecule has 27 heavy (non-hydrogen) atoms. The minimum Gasteiger partial charge on any atom is -0.506 e. The van der Waals surface area contributed by atoms with Crippen LogP contribution in [0.25, 0.3) is 6.08 Å². The largest absolute Gasteiger partial charge is 0.506 e. The van der Waals surface area contributed by atoms with Crippen molar-refractivity contribution in [3.63, 3.8) is 0 Å². The highest BCUT2D eigenvalue weighted by Crippen LogP contribution is 2.31. The first-order valence-corrected chi connectivity index (χ1v) is 9.11. The Morgan fingerprint density at radius 2 is 2.04 bits per heavy atom. The Bertz CT molecular complexity index is 921. The third kappa shape index (κ3) is 5.79. The van der Waals surface area contributed by atoms with Gasteiger partial charge in [0.15, 0.2) is 0 Å². The van der Waals surface area contributed by atoms with E-state index < -0.39 is 10.8 Å². The van der Waals surface area contributed by atoms with E-state index >= 15 is 0 Å². The molecule has 0 heterocycles. The zero-order valence-corrected chi connectivity index (χ0v) is 16.3. The lowest BCUT2D eigenvalue weighted by Crippen LogP contribution is -2.25. The summed E-state index contributed by atoms with van der Waals surface area (Å²) in [7, 11) is 0. The number of aryl methyl sites for hydroxylation is 1. The van der Waals surface area contributed by atoms with Crippen molar-refractivity contribution < 1.29 is 14.8 Å². The molecule has 2 rings (SSSR count). The fraction of sp³-hybridized carbons (Fsp3) is 0.158. The van der Waals surface area contributed by atoms with E-state index in [0.717, 1.165) is 24.1 Å². The van der Waals surface area contributed by atoms with E-state index in [1.807, 2.05) is 30.3 Å². The van der Waals surface area contributed by atoms with E-state index in [9.17, 15) is 25.3 Å². The molecule has 0 aliphatic carbocycles. The van der Waals surface area contributed by atoms with Crippen LogP contribution in [0.3, 0.4) is 0 Å². The Labute approximate surface area is 169 Å². The maximum absolute atomic E-state index is 12.2. The number of nitriles is 1. The van der Waals surface area contributed by atoms with Crippen LogP contribution >= 0.6 is 22.6 Å². The lowest BCUT2D eigenvalue weighted by atomic mass is 10.1. The number of amides is 1. The van der Waals surface area contributed by atoms with E-state index in [4.69, 9.17) is 0 Å². The maximum atomic E-state index is 12.2. The van der Waals surface area contributed by atoms with Gasteiger partial charge in [-0.05, 0) is 47.1 Å². The number of benzene rings is 2. The van der Waals surface area contributed by atoms with Crippen LogP contribution in [-0.4, -0.2) is 22.5 Å². The van der Waals surface area contributed by atoms with Crippen molar-refractivity contribution in [2.24, 2.45) is 0 Å². The van der Waals surface area contributed by atoms with Crippen molar-refractivity contribution in [2.75, 3.05) is 6.54 Å². The van der Waals surface area contributed by atoms with Gasteiger partial charge in [0.25, 0.3) is 11.6 Å². The molecule has 0 aliphatic rings. The molecular formula is C19H16IN3O4. The third-order valence-corrected chi connectivity index (χ3v) is 4.55. The van der Waals surface area contributed by atoms with E-state index in [0.29, 0.717) is 13.0 Å². The van der Waals surface area contributed by atoms with E-state index in [1.54, 1.807) is 28.7 Å². The number of nitro benzene ring substituents is 1. The van der Waals surface area contributed by atoms with Crippen LogP contribution in [0.2, 0.25) is 0 Å². The molecule has 0 bridgehead atoms. The number of non-ortho nitro benzene ring substituents is 1. The summed E-state index contributed by atoms with van der Waals surface area (Å²) in [6.07, 6.45) is 2.64. The van der Waals surface area contributed by atoms with Gasteiger partial charge in [0.1, 0.15) is 17.4 Å². The average Bonchev–Trinajstić information content (AvgIpc) is 2.66. The molecule has 0 saturated heterocycles. The first kappa shape index (κ1) is 20.4. The van der Waals surface area contributed by atoms with E-state index in [-0.39, 0.29) is 26.1 Å². The van der Waals surface area contributed by atoms with Crippen molar-refractivity contribution in [2.45, 2.75) is 12.8 Å². The van der Waals surface area contributed by atoms with Crippen LogP contribution in [0.5, 0.6) is 5.75 Å². The van der Waals surface area contributed by atoms with Gasteiger partial charge in [-0.2, -0.15) is 5.26 Å². The van der Waals surface area contributed by atoms with Crippen LogP contribution in [0.1, 0.15) is 17.5 Å². The Kier molecular flexibility index (Phi) is 7.31. The summed E-state index contributed by atoms with van der Waals surface area (Å²) in [6.45, 7) is 0.380. The monoisotopic (exact) mass is 477 g/mol. The molecule has 0 atom stereocenters. The van der Waals surface area contributed by atoms with Crippen molar-refractivity contribution in [1.29, 1.82) is 5.26 Å². The molecule has 0 aliphatic heterocycles. The molecule has 1 amide bonds. The molecule has 7 nitrogen and oxygen atoms in total. The summed E-state index contributed by atoms with van der Waals surface area (Å²) in [6, 6.07) is 13.9. The number of hydrogen-bond donors (Lipinski definition) is 2. The van der Waals surface area contributed by atoms with Crippen LogP contribution in [0.4, 0.5) is 5.69 Å². The number of nitrogens with one attached hydrogen (secondary N) is 1. The number of carbonyl (C=O) groups excluding carboxylic acids is 1. The number of phenols is 1. The first-order valence-electron chi connectivity index (χ1n) is 8.03. The second kappa shape index (κ2) is 9.68. The van der Waals surface area contributed by atoms with Gasteiger partial charge in [-0.25, -0.2) is 0 Å². The van der Waals surface area contributed by atoms with Crippen LogP contribution < -0.4 is 5.32 Å². The highest BCUT2D eigenvalue weighted by Gasteiger charge is 2.16.